The zero-order valence-corrected chi connectivity index (χ0v) is 15.2. The number of hydrogen-bond donors (Lipinski definition) is 1. The normalized spacial score (nSPS) is 17.6. The van der Waals surface area contributed by atoms with E-state index >= 15 is 0 Å². The zero-order chi connectivity index (χ0) is 18.1. The summed E-state index contributed by atoms with van der Waals surface area (Å²) in [7, 11) is 0. The molecule has 1 aliphatic rings. The number of fused-ring (bicyclic) bond motifs is 1. The van der Waals surface area contributed by atoms with Gasteiger partial charge >= 0.3 is 0 Å². The number of imidazole rings is 1. The van der Waals surface area contributed by atoms with Gasteiger partial charge in [0.25, 0.3) is 5.91 Å². The van der Waals surface area contributed by atoms with Gasteiger partial charge < -0.3 is 9.88 Å². The molecule has 1 fully saturated rings. The molecule has 1 unspecified atom stereocenters. The van der Waals surface area contributed by atoms with E-state index in [1.54, 1.807) is 6.07 Å². The number of hydrogen-bond acceptors (Lipinski definition) is 4. The number of amides is 1. The highest BCUT2D eigenvalue weighted by atomic mass is 16.2. The lowest BCUT2D eigenvalue weighted by molar-refractivity contribution is 0.0665. The zero-order valence-electron chi connectivity index (χ0n) is 15.2. The molecule has 26 heavy (non-hydrogen) atoms. The first kappa shape index (κ1) is 16.7. The molecule has 6 heteroatoms. The number of benzene rings is 1. The fourth-order valence-electron chi connectivity index (χ4n) is 3.78. The van der Waals surface area contributed by atoms with E-state index < -0.39 is 0 Å². The lowest BCUT2D eigenvalue weighted by atomic mass is 9.94. The molecular formula is C20H23N5O. The largest absolute Gasteiger partial charge is 0.342 e. The molecule has 3 heterocycles. The van der Waals surface area contributed by atoms with Crippen LogP contribution < -0.4 is 0 Å². The summed E-state index contributed by atoms with van der Waals surface area (Å²) < 4.78 is 0. The van der Waals surface area contributed by atoms with Crippen molar-refractivity contribution in [3.05, 3.63) is 53.4 Å². The Kier molecular flexibility index (Phi) is 4.41. The summed E-state index contributed by atoms with van der Waals surface area (Å²) >= 11 is 0. The number of piperidine rings is 1. The van der Waals surface area contributed by atoms with Crippen LogP contribution >= 0.6 is 0 Å². The van der Waals surface area contributed by atoms with Gasteiger partial charge in [-0.05, 0) is 50.8 Å². The summed E-state index contributed by atoms with van der Waals surface area (Å²) in [5, 5.41) is 0. The molecule has 1 aliphatic heterocycles. The monoisotopic (exact) mass is 349 g/mol. The minimum Gasteiger partial charge on any atom is -0.342 e. The first-order chi connectivity index (χ1) is 12.6. The third-order valence-electron chi connectivity index (χ3n) is 4.91. The second-order valence-corrected chi connectivity index (χ2v) is 7.11. The van der Waals surface area contributed by atoms with Crippen molar-refractivity contribution in [2.24, 2.45) is 5.92 Å². The van der Waals surface area contributed by atoms with Crippen LogP contribution in [0.1, 0.15) is 40.7 Å². The number of H-pyrrole nitrogens is 1. The number of para-hydroxylation sites is 2. The van der Waals surface area contributed by atoms with Crippen molar-refractivity contribution >= 4 is 16.9 Å². The van der Waals surface area contributed by atoms with Gasteiger partial charge in [0, 0.05) is 25.2 Å². The molecule has 4 rings (SSSR count). The summed E-state index contributed by atoms with van der Waals surface area (Å²) in [6.45, 7) is 5.26. The highest BCUT2D eigenvalue weighted by Gasteiger charge is 2.26. The lowest BCUT2D eigenvalue weighted by Gasteiger charge is -2.32. The number of aromatic nitrogens is 4. The number of carbonyl (C=O) groups excluding carboxylic acids is 1. The van der Waals surface area contributed by atoms with Gasteiger partial charge in [0.1, 0.15) is 17.3 Å². The number of likely N-dealkylation sites (tertiary alicyclic amines) is 1. The fourth-order valence-corrected chi connectivity index (χ4v) is 3.78. The van der Waals surface area contributed by atoms with Gasteiger partial charge in [0.2, 0.25) is 0 Å². The van der Waals surface area contributed by atoms with E-state index in [4.69, 9.17) is 0 Å². The Balaban J connectivity index is 1.47. The number of aromatic amines is 1. The van der Waals surface area contributed by atoms with E-state index in [9.17, 15) is 4.79 Å². The molecule has 0 spiro atoms. The molecule has 0 saturated carbocycles. The lowest BCUT2D eigenvalue weighted by Crippen LogP contribution is -2.41. The first-order valence-corrected chi connectivity index (χ1v) is 9.13. The van der Waals surface area contributed by atoms with Gasteiger partial charge in [0.05, 0.1) is 11.0 Å². The van der Waals surface area contributed by atoms with Gasteiger partial charge in [-0.1, -0.05) is 12.1 Å². The van der Waals surface area contributed by atoms with Crippen LogP contribution in [0.3, 0.4) is 0 Å². The highest BCUT2D eigenvalue weighted by Crippen LogP contribution is 2.22. The topological polar surface area (TPSA) is 74.8 Å². The Bertz CT molecular complexity index is 895. The number of nitrogens with one attached hydrogen (secondary N) is 1. The Morgan fingerprint density at radius 3 is 2.88 bits per heavy atom. The SMILES string of the molecule is Cc1cc(C(=O)N2CCCC(Cc3nc4ccccc4[nH]3)C2)nc(C)n1. The molecule has 2 aromatic heterocycles. The third-order valence-corrected chi connectivity index (χ3v) is 4.91. The fraction of sp³-hybridized carbons (Fsp3) is 0.400. The van der Waals surface area contributed by atoms with Crippen LogP contribution in [0.2, 0.25) is 0 Å². The van der Waals surface area contributed by atoms with E-state index in [0.29, 0.717) is 17.4 Å². The molecule has 1 saturated heterocycles. The van der Waals surface area contributed by atoms with Crippen LogP contribution in [0.25, 0.3) is 11.0 Å². The van der Waals surface area contributed by atoms with Crippen molar-refractivity contribution in [1.82, 2.24) is 24.8 Å². The van der Waals surface area contributed by atoms with Crippen molar-refractivity contribution < 1.29 is 4.79 Å². The van der Waals surface area contributed by atoms with E-state index in [2.05, 4.69) is 19.9 Å². The van der Waals surface area contributed by atoms with Crippen molar-refractivity contribution in [3.8, 4) is 0 Å². The molecule has 1 N–H and O–H groups in total. The van der Waals surface area contributed by atoms with Gasteiger partial charge in [0.15, 0.2) is 0 Å². The first-order valence-electron chi connectivity index (χ1n) is 9.13. The second kappa shape index (κ2) is 6.86. The molecule has 0 aliphatic carbocycles. The van der Waals surface area contributed by atoms with Crippen LogP contribution in [-0.2, 0) is 6.42 Å². The second-order valence-electron chi connectivity index (χ2n) is 7.11. The van der Waals surface area contributed by atoms with E-state index in [0.717, 1.165) is 54.9 Å². The van der Waals surface area contributed by atoms with Crippen molar-refractivity contribution in [2.45, 2.75) is 33.1 Å². The molecule has 1 atom stereocenters. The average molecular weight is 349 g/mol. The summed E-state index contributed by atoms with van der Waals surface area (Å²) in [4.78, 5) is 31.4. The van der Waals surface area contributed by atoms with Crippen LogP contribution in [0.15, 0.2) is 30.3 Å². The average Bonchev–Trinajstić information content (AvgIpc) is 3.02. The van der Waals surface area contributed by atoms with Gasteiger partial charge in [-0.2, -0.15) is 0 Å². The predicted molar refractivity (Wildman–Crippen MR) is 99.9 cm³/mol. The van der Waals surface area contributed by atoms with E-state index in [-0.39, 0.29) is 5.91 Å². The van der Waals surface area contributed by atoms with Gasteiger partial charge in [-0.3, -0.25) is 4.79 Å². The summed E-state index contributed by atoms with van der Waals surface area (Å²) in [6.07, 6.45) is 2.99. The van der Waals surface area contributed by atoms with Crippen LogP contribution in [0, 0.1) is 19.8 Å². The van der Waals surface area contributed by atoms with Crippen molar-refractivity contribution in [3.63, 3.8) is 0 Å². The number of aryl methyl sites for hydroxylation is 2. The maximum absolute atomic E-state index is 12.9. The number of carbonyl (C=O) groups is 1. The molecule has 0 bridgehead atoms. The molecule has 3 aromatic rings. The number of rotatable bonds is 3. The summed E-state index contributed by atoms with van der Waals surface area (Å²) in [5.74, 6) is 2.06. The summed E-state index contributed by atoms with van der Waals surface area (Å²) in [6, 6.07) is 9.85. The van der Waals surface area contributed by atoms with Crippen LogP contribution in [-0.4, -0.2) is 43.8 Å². The molecule has 6 nitrogen and oxygen atoms in total. The van der Waals surface area contributed by atoms with Crippen molar-refractivity contribution in [2.75, 3.05) is 13.1 Å². The Labute approximate surface area is 152 Å². The highest BCUT2D eigenvalue weighted by molar-refractivity contribution is 5.92. The quantitative estimate of drug-likeness (QED) is 0.788. The molecular weight excluding hydrogens is 326 g/mol. The van der Waals surface area contributed by atoms with Crippen molar-refractivity contribution in [1.29, 1.82) is 0 Å². The molecule has 1 amide bonds. The summed E-state index contributed by atoms with van der Waals surface area (Å²) in [5.41, 5.74) is 3.40. The minimum absolute atomic E-state index is 0.00732. The smallest absolute Gasteiger partial charge is 0.272 e. The Morgan fingerprint density at radius 1 is 1.23 bits per heavy atom. The van der Waals surface area contributed by atoms with E-state index in [1.165, 1.54) is 0 Å². The Hall–Kier alpha value is -2.76. The van der Waals surface area contributed by atoms with Gasteiger partial charge in [-0.25, -0.2) is 15.0 Å². The number of nitrogens with zero attached hydrogens (tertiary/aromatic N) is 4. The molecule has 134 valence electrons. The van der Waals surface area contributed by atoms with Crippen LogP contribution in [0.4, 0.5) is 0 Å². The molecule has 1 aromatic carbocycles. The maximum atomic E-state index is 12.9. The minimum atomic E-state index is 0.00732. The third kappa shape index (κ3) is 3.45. The standard InChI is InChI=1S/C20H23N5O/c1-13-10-18(22-14(2)21-13)20(26)25-9-5-6-15(12-25)11-19-23-16-7-3-4-8-17(16)24-19/h3-4,7-8,10,15H,5-6,9,11-12H2,1-2H3,(H,23,24). The Morgan fingerprint density at radius 2 is 2.08 bits per heavy atom. The van der Waals surface area contributed by atoms with Gasteiger partial charge in [-0.15, -0.1) is 0 Å². The van der Waals surface area contributed by atoms with Crippen LogP contribution in [0.5, 0.6) is 0 Å². The predicted octanol–water partition coefficient (Wildman–Crippen LogP) is 3.06. The van der Waals surface area contributed by atoms with E-state index in [1.807, 2.05) is 43.0 Å². The maximum Gasteiger partial charge on any atom is 0.272 e. The molecule has 0 radical (unpaired) electrons.